The first-order valence-electron chi connectivity index (χ1n) is 5.67. The van der Waals surface area contributed by atoms with Crippen LogP contribution in [0.1, 0.15) is 11.9 Å². The highest BCUT2D eigenvalue weighted by atomic mass is 19.1. The average Bonchev–Trinajstić information content (AvgIpc) is 2.98. The maximum absolute atomic E-state index is 14.4. The van der Waals surface area contributed by atoms with E-state index in [0.717, 1.165) is 4.68 Å². The number of hydrogen-bond donors (Lipinski definition) is 0. The van der Waals surface area contributed by atoms with Crippen LogP contribution in [0.2, 0.25) is 0 Å². The first-order chi connectivity index (χ1) is 9.33. The predicted octanol–water partition coefficient (Wildman–Crippen LogP) is 2.35. The number of hydrogen-bond acceptors (Lipinski definition) is 4. The molecule has 0 aliphatic carbocycles. The Hall–Kier alpha value is -2.50. The molecule has 1 aromatic carbocycles. The van der Waals surface area contributed by atoms with Crippen molar-refractivity contribution in [2.75, 3.05) is 6.61 Å². The Morgan fingerprint density at radius 1 is 1.47 bits per heavy atom. The number of oxime groups is 1. The van der Waals surface area contributed by atoms with Crippen molar-refractivity contribution in [3.05, 3.63) is 61.2 Å². The molecule has 0 radical (unpaired) electrons. The van der Waals surface area contributed by atoms with Crippen LogP contribution in [0, 0.1) is 0 Å². The summed E-state index contributed by atoms with van der Waals surface area (Å²) >= 11 is 0. The molecule has 0 saturated heterocycles. The summed E-state index contributed by atoms with van der Waals surface area (Å²) in [6.07, 6.45) is 2.53. The summed E-state index contributed by atoms with van der Waals surface area (Å²) < 4.78 is 15.4. The highest BCUT2D eigenvalue weighted by molar-refractivity contribution is 6.02. The number of benzene rings is 1. The van der Waals surface area contributed by atoms with E-state index in [0.29, 0.717) is 5.56 Å². The SMILES string of the molecule is C=CCON=C(c1ccccc1)C(F)n1cncn1. The standard InChI is InChI=1S/C13H13FN4O/c1-2-8-19-17-12(11-6-4-3-5-7-11)13(14)18-10-15-9-16-18/h2-7,9-10,13H,1,8H2. The van der Waals surface area contributed by atoms with Crippen LogP contribution < -0.4 is 0 Å². The van der Waals surface area contributed by atoms with Crippen LogP contribution in [-0.2, 0) is 4.84 Å². The Morgan fingerprint density at radius 3 is 2.89 bits per heavy atom. The topological polar surface area (TPSA) is 52.3 Å². The van der Waals surface area contributed by atoms with Crippen molar-refractivity contribution >= 4 is 5.71 Å². The molecular formula is C13H13FN4O. The van der Waals surface area contributed by atoms with Gasteiger partial charge in [0.1, 0.15) is 25.0 Å². The molecule has 0 amide bonds. The van der Waals surface area contributed by atoms with E-state index in [4.69, 9.17) is 4.84 Å². The Bertz CT molecular complexity index is 539. The van der Waals surface area contributed by atoms with E-state index in [1.54, 1.807) is 24.3 Å². The van der Waals surface area contributed by atoms with E-state index >= 15 is 0 Å². The highest BCUT2D eigenvalue weighted by Gasteiger charge is 2.20. The van der Waals surface area contributed by atoms with Crippen molar-refractivity contribution in [1.29, 1.82) is 0 Å². The van der Waals surface area contributed by atoms with Gasteiger partial charge in [-0.05, 0) is 0 Å². The Labute approximate surface area is 110 Å². The minimum atomic E-state index is -1.56. The van der Waals surface area contributed by atoms with Gasteiger partial charge in [-0.1, -0.05) is 48.1 Å². The molecule has 5 nitrogen and oxygen atoms in total. The first-order valence-corrected chi connectivity index (χ1v) is 5.67. The van der Waals surface area contributed by atoms with Gasteiger partial charge in [-0.25, -0.2) is 14.1 Å². The van der Waals surface area contributed by atoms with Gasteiger partial charge in [-0.2, -0.15) is 5.10 Å². The van der Waals surface area contributed by atoms with Gasteiger partial charge in [0, 0.05) is 5.56 Å². The van der Waals surface area contributed by atoms with Crippen molar-refractivity contribution in [3.63, 3.8) is 0 Å². The number of halogens is 1. The third-order valence-corrected chi connectivity index (χ3v) is 2.32. The van der Waals surface area contributed by atoms with Gasteiger partial charge >= 0.3 is 0 Å². The van der Waals surface area contributed by atoms with E-state index in [9.17, 15) is 4.39 Å². The molecule has 1 unspecified atom stereocenters. The number of rotatable bonds is 6. The minimum absolute atomic E-state index is 0.132. The second-order valence-corrected chi connectivity index (χ2v) is 3.64. The van der Waals surface area contributed by atoms with E-state index < -0.39 is 6.30 Å². The fourth-order valence-electron chi connectivity index (χ4n) is 1.46. The quantitative estimate of drug-likeness (QED) is 0.347. The monoisotopic (exact) mass is 260 g/mol. The summed E-state index contributed by atoms with van der Waals surface area (Å²) in [7, 11) is 0. The zero-order chi connectivity index (χ0) is 13.5. The van der Waals surface area contributed by atoms with E-state index in [1.165, 1.54) is 18.7 Å². The van der Waals surface area contributed by atoms with E-state index in [1.807, 2.05) is 6.07 Å². The van der Waals surface area contributed by atoms with Crippen molar-refractivity contribution < 1.29 is 9.23 Å². The zero-order valence-electron chi connectivity index (χ0n) is 10.2. The lowest BCUT2D eigenvalue weighted by molar-refractivity contribution is 0.168. The molecule has 2 rings (SSSR count). The maximum atomic E-state index is 14.4. The maximum Gasteiger partial charge on any atom is 0.239 e. The third kappa shape index (κ3) is 3.25. The van der Waals surface area contributed by atoms with Crippen LogP contribution in [-0.4, -0.2) is 27.1 Å². The molecule has 1 heterocycles. The molecule has 1 aromatic heterocycles. The fourth-order valence-corrected chi connectivity index (χ4v) is 1.46. The third-order valence-electron chi connectivity index (χ3n) is 2.32. The Kier molecular flexibility index (Phi) is 4.39. The predicted molar refractivity (Wildman–Crippen MR) is 69.3 cm³/mol. The van der Waals surface area contributed by atoms with Crippen LogP contribution in [0.15, 0.2) is 60.8 Å². The van der Waals surface area contributed by atoms with Crippen molar-refractivity contribution in [1.82, 2.24) is 14.8 Å². The van der Waals surface area contributed by atoms with Crippen LogP contribution in [0.3, 0.4) is 0 Å². The molecule has 0 saturated carbocycles. The van der Waals surface area contributed by atoms with Crippen LogP contribution in [0.4, 0.5) is 4.39 Å². The first kappa shape index (κ1) is 12.9. The summed E-state index contributed by atoms with van der Waals surface area (Å²) in [6, 6.07) is 8.94. The summed E-state index contributed by atoms with van der Waals surface area (Å²) in [6.45, 7) is 3.72. The second kappa shape index (κ2) is 6.44. The van der Waals surface area contributed by atoms with Gasteiger partial charge in [0.25, 0.3) is 0 Å². The molecule has 0 aliphatic heterocycles. The van der Waals surface area contributed by atoms with Gasteiger partial charge in [-0.15, -0.1) is 0 Å². The molecule has 98 valence electrons. The molecule has 19 heavy (non-hydrogen) atoms. The minimum Gasteiger partial charge on any atom is -0.391 e. The molecule has 0 bridgehead atoms. The van der Waals surface area contributed by atoms with E-state index in [-0.39, 0.29) is 12.3 Å². The average molecular weight is 260 g/mol. The fraction of sp³-hybridized carbons (Fsp3) is 0.154. The van der Waals surface area contributed by atoms with Gasteiger partial charge in [0.2, 0.25) is 6.30 Å². The molecule has 0 N–H and O–H groups in total. The molecular weight excluding hydrogens is 247 g/mol. The second-order valence-electron chi connectivity index (χ2n) is 3.64. The molecule has 0 aliphatic rings. The van der Waals surface area contributed by atoms with E-state index in [2.05, 4.69) is 21.8 Å². The van der Waals surface area contributed by atoms with Crippen molar-refractivity contribution in [2.24, 2.45) is 5.16 Å². The van der Waals surface area contributed by atoms with Crippen LogP contribution in [0.25, 0.3) is 0 Å². The molecule has 2 aromatic rings. The summed E-state index contributed by atoms with van der Waals surface area (Å²) in [5, 5.41) is 7.59. The molecule has 0 fully saturated rings. The van der Waals surface area contributed by atoms with Gasteiger partial charge in [0.05, 0.1) is 0 Å². The highest BCUT2D eigenvalue weighted by Crippen LogP contribution is 2.16. The van der Waals surface area contributed by atoms with Gasteiger partial charge in [-0.3, -0.25) is 0 Å². The smallest absolute Gasteiger partial charge is 0.239 e. The molecule has 6 heteroatoms. The van der Waals surface area contributed by atoms with Crippen LogP contribution in [0.5, 0.6) is 0 Å². The Morgan fingerprint density at radius 2 is 2.26 bits per heavy atom. The normalized spacial score (nSPS) is 13.0. The number of nitrogens with zero attached hydrogens (tertiary/aromatic N) is 4. The summed E-state index contributed by atoms with van der Waals surface area (Å²) in [5.41, 5.74) is 0.752. The number of aromatic nitrogens is 3. The van der Waals surface area contributed by atoms with Crippen molar-refractivity contribution in [2.45, 2.75) is 6.30 Å². The van der Waals surface area contributed by atoms with Crippen molar-refractivity contribution in [3.8, 4) is 0 Å². The number of alkyl halides is 1. The summed E-state index contributed by atoms with van der Waals surface area (Å²) in [5.74, 6) is 0. The van der Waals surface area contributed by atoms with Gasteiger partial charge < -0.3 is 4.84 Å². The lowest BCUT2D eigenvalue weighted by atomic mass is 10.1. The molecule has 1 atom stereocenters. The van der Waals surface area contributed by atoms with Crippen LogP contribution >= 0.6 is 0 Å². The lowest BCUT2D eigenvalue weighted by Gasteiger charge is -2.11. The largest absolute Gasteiger partial charge is 0.391 e. The zero-order valence-corrected chi connectivity index (χ0v) is 10.2. The Balaban J connectivity index is 2.29. The summed E-state index contributed by atoms with van der Waals surface area (Å²) in [4.78, 5) is 8.70. The van der Waals surface area contributed by atoms with Gasteiger partial charge in [0.15, 0.2) is 0 Å². The lowest BCUT2D eigenvalue weighted by Crippen LogP contribution is -2.17. The molecule has 0 spiro atoms.